The summed E-state index contributed by atoms with van der Waals surface area (Å²) in [7, 11) is 0. The number of para-hydroxylation sites is 1. The van der Waals surface area contributed by atoms with Crippen LogP contribution < -0.4 is 10.6 Å². The molecule has 1 atom stereocenters. The largest absolute Gasteiger partial charge is 0.361 e. The molecular formula is C24H25N5O. The Morgan fingerprint density at radius 1 is 1.07 bits per heavy atom. The minimum absolute atomic E-state index is 0.104. The van der Waals surface area contributed by atoms with Crippen molar-refractivity contribution in [3.05, 3.63) is 89.4 Å². The maximum Gasteiger partial charge on any atom is 0.270 e. The fourth-order valence-electron chi connectivity index (χ4n) is 3.51. The van der Waals surface area contributed by atoms with Crippen molar-refractivity contribution in [2.24, 2.45) is 0 Å². The first kappa shape index (κ1) is 19.6. The van der Waals surface area contributed by atoms with Crippen LogP contribution in [0.5, 0.6) is 0 Å². The number of aromatic amines is 1. The zero-order chi connectivity index (χ0) is 20.9. The van der Waals surface area contributed by atoms with E-state index in [9.17, 15) is 4.79 Å². The number of rotatable bonds is 7. The number of fused-ring (bicyclic) bond motifs is 1. The van der Waals surface area contributed by atoms with Crippen molar-refractivity contribution in [2.75, 3.05) is 11.9 Å². The Morgan fingerprint density at radius 3 is 2.67 bits per heavy atom. The highest BCUT2D eigenvalue weighted by Crippen LogP contribution is 2.18. The molecule has 6 nitrogen and oxygen atoms in total. The third-order valence-electron chi connectivity index (χ3n) is 5.09. The highest BCUT2D eigenvalue weighted by atomic mass is 16.1. The third-order valence-corrected chi connectivity index (χ3v) is 5.09. The number of carbonyl (C=O) groups is 1. The molecule has 152 valence electrons. The van der Waals surface area contributed by atoms with Crippen LogP contribution in [-0.4, -0.2) is 27.4 Å². The fourth-order valence-corrected chi connectivity index (χ4v) is 3.51. The van der Waals surface area contributed by atoms with Crippen molar-refractivity contribution in [1.82, 2.24) is 20.3 Å². The van der Waals surface area contributed by atoms with E-state index in [0.717, 1.165) is 23.2 Å². The predicted octanol–water partition coefficient (Wildman–Crippen LogP) is 4.41. The lowest BCUT2D eigenvalue weighted by Gasteiger charge is -2.14. The summed E-state index contributed by atoms with van der Waals surface area (Å²) in [6, 6.07) is 19.7. The van der Waals surface area contributed by atoms with E-state index in [0.29, 0.717) is 18.2 Å². The standard InChI is InChI=1S/C24H25N5O/c1-16-14-22(23(30)28-17(2)18-8-4-3-5-9-18)29-24(27-16)25-13-12-19-15-26-21-11-7-6-10-20(19)21/h3-11,14-15,17,26H,12-13H2,1-2H3,(H,28,30)(H,25,27,29). The zero-order valence-electron chi connectivity index (χ0n) is 17.1. The van der Waals surface area contributed by atoms with Crippen LogP contribution in [0.2, 0.25) is 0 Å². The molecule has 0 aliphatic heterocycles. The second-order valence-corrected chi connectivity index (χ2v) is 7.36. The molecule has 1 unspecified atom stereocenters. The molecule has 0 saturated carbocycles. The zero-order valence-corrected chi connectivity index (χ0v) is 17.1. The molecule has 6 heteroatoms. The molecule has 3 N–H and O–H groups in total. The van der Waals surface area contributed by atoms with Crippen molar-refractivity contribution in [2.45, 2.75) is 26.3 Å². The number of anilines is 1. The topological polar surface area (TPSA) is 82.7 Å². The van der Waals surface area contributed by atoms with Crippen LogP contribution in [0.25, 0.3) is 10.9 Å². The summed E-state index contributed by atoms with van der Waals surface area (Å²) in [6.45, 7) is 4.50. The quantitative estimate of drug-likeness (QED) is 0.430. The molecular weight excluding hydrogens is 374 g/mol. The van der Waals surface area contributed by atoms with Gasteiger partial charge < -0.3 is 15.6 Å². The summed E-state index contributed by atoms with van der Waals surface area (Å²) < 4.78 is 0. The average molecular weight is 399 g/mol. The Hall–Kier alpha value is -3.67. The SMILES string of the molecule is Cc1cc(C(=O)NC(C)c2ccccc2)nc(NCCc2c[nH]c3ccccc23)n1. The van der Waals surface area contributed by atoms with E-state index >= 15 is 0 Å². The van der Waals surface area contributed by atoms with Gasteiger partial charge in [-0.15, -0.1) is 0 Å². The lowest BCUT2D eigenvalue weighted by Crippen LogP contribution is -2.28. The molecule has 0 bridgehead atoms. The molecule has 0 aliphatic rings. The summed E-state index contributed by atoms with van der Waals surface area (Å²) in [6.07, 6.45) is 2.86. The van der Waals surface area contributed by atoms with Crippen LogP contribution in [0.3, 0.4) is 0 Å². The van der Waals surface area contributed by atoms with E-state index in [1.807, 2.05) is 62.5 Å². The molecule has 4 rings (SSSR count). The second kappa shape index (κ2) is 8.78. The number of aryl methyl sites for hydroxylation is 1. The first-order valence-corrected chi connectivity index (χ1v) is 10.1. The smallest absolute Gasteiger partial charge is 0.270 e. The number of carbonyl (C=O) groups excluding carboxylic acids is 1. The van der Waals surface area contributed by atoms with Crippen LogP contribution in [0.15, 0.2) is 66.9 Å². The van der Waals surface area contributed by atoms with E-state index in [2.05, 4.69) is 37.7 Å². The van der Waals surface area contributed by atoms with E-state index in [1.165, 1.54) is 10.9 Å². The van der Waals surface area contributed by atoms with Crippen LogP contribution >= 0.6 is 0 Å². The minimum atomic E-state index is -0.212. The number of hydrogen-bond acceptors (Lipinski definition) is 4. The number of amides is 1. The maximum atomic E-state index is 12.7. The molecule has 2 heterocycles. The van der Waals surface area contributed by atoms with Gasteiger partial charge in [-0.25, -0.2) is 9.97 Å². The van der Waals surface area contributed by atoms with Gasteiger partial charge >= 0.3 is 0 Å². The molecule has 0 aliphatic carbocycles. The normalized spacial score (nSPS) is 11.9. The average Bonchev–Trinajstić information content (AvgIpc) is 3.17. The molecule has 0 spiro atoms. The van der Waals surface area contributed by atoms with E-state index in [-0.39, 0.29) is 11.9 Å². The molecule has 2 aromatic carbocycles. The van der Waals surface area contributed by atoms with Gasteiger partial charge in [-0.1, -0.05) is 48.5 Å². The van der Waals surface area contributed by atoms with Crippen LogP contribution in [-0.2, 0) is 6.42 Å². The van der Waals surface area contributed by atoms with Crippen molar-refractivity contribution in [3.63, 3.8) is 0 Å². The van der Waals surface area contributed by atoms with Crippen molar-refractivity contribution in [1.29, 1.82) is 0 Å². The molecule has 30 heavy (non-hydrogen) atoms. The minimum Gasteiger partial charge on any atom is -0.361 e. The molecule has 2 aromatic heterocycles. The first-order valence-electron chi connectivity index (χ1n) is 10.1. The van der Waals surface area contributed by atoms with Gasteiger partial charge in [0.05, 0.1) is 6.04 Å². The van der Waals surface area contributed by atoms with Crippen LogP contribution in [0.1, 0.15) is 40.3 Å². The first-order chi connectivity index (χ1) is 14.6. The molecule has 1 amide bonds. The Balaban J connectivity index is 1.40. The van der Waals surface area contributed by atoms with Crippen molar-refractivity contribution in [3.8, 4) is 0 Å². The Morgan fingerprint density at radius 2 is 1.83 bits per heavy atom. The number of H-pyrrole nitrogens is 1. The van der Waals surface area contributed by atoms with E-state index in [4.69, 9.17) is 0 Å². The molecule has 0 fully saturated rings. The van der Waals surface area contributed by atoms with Gasteiger partial charge in [0, 0.05) is 29.3 Å². The van der Waals surface area contributed by atoms with Gasteiger partial charge in [0.15, 0.2) is 0 Å². The van der Waals surface area contributed by atoms with Gasteiger partial charge in [-0.2, -0.15) is 0 Å². The van der Waals surface area contributed by atoms with Gasteiger partial charge in [-0.3, -0.25) is 4.79 Å². The number of aromatic nitrogens is 3. The number of nitrogens with zero attached hydrogens (tertiary/aromatic N) is 2. The van der Waals surface area contributed by atoms with Crippen LogP contribution in [0.4, 0.5) is 5.95 Å². The highest BCUT2D eigenvalue weighted by molar-refractivity contribution is 5.92. The van der Waals surface area contributed by atoms with Gasteiger partial charge in [0.1, 0.15) is 5.69 Å². The van der Waals surface area contributed by atoms with Gasteiger partial charge in [0.2, 0.25) is 5.95 Å². The lowest BCUT2D eigenvalue weighted by atomic mass is 10.1. The fraction of sp³-hybridized carbons (Fsp3) is 0.208. The third kappa shape index (κ3) is 4.49. The lowest BCUT2D eigenvalue weighted by molar-refractivity contribution is 0.0934. The van der Waals surface area contributed by atoms with E-state index in [1.54, 1.807) is 6.07 Å². The highest BCUT2D eigenvalue weighted by Gasteiger charge is 2.14. The summed E-state index contributed by atoms with van der Waals surface area (Å²) in [4.78, 5) is 24.8. The molecule has 0 radical (unpaired) electrons. The summed E-state index contributed by atoms with van der Waals surface area (Å²) in [5.41, 5.74) is 4.52. The summed E-state index contributed by atoms with van der Waals surface area (Å²) >= 11 is 0. The van der Waals surface area contributed by atoms with Crippen LogP contribution in [0, 0.1) is 6.92 Å². The van der Waals surface area contributed by atoms with E-state index < -0.39 is 0 Å². The number of hydrogen-bond donors (Lipinski definition) is 3. The molecule has 0 saturated heterocycles. The number of benzene rings is 2. The number of nitrogens with one attached hydrogen (secondary N) is 3. The van der Waals surface area contributed by atoms with Crippen molar-refractivity contribution >= 4 is 22.8 Å². The summed E-state index contributed by atoms with van der Waals surface area (Å²) in [5.74, 6) is 0.254. The molecule has 4 aromatic rings. The Bertz CT molecular complexity index is 1150. The summed E-state index contributed by atoms with van der Waals surface area (Å²) in [5, 5.41) is 7.48. The Labute approximate surface area is 175 Å². The Kier molecular flexibility index (Phi) is 5.75. The van der Waals surface area contributed by atoms with Crippen molar-refractivity contribution < 1.29 is 4.79 Å². The predicted molar refractivity (Wildman–Crippen MR) is 120 cm³/mol. The second-order valence-electron chi connectivity index (χ2n) is 7.36. The van der Waals surface area contributed by atoms with Gasteiger partial charge in [0.25, 0.3) is 5.91 Å². The monoisotopic (exact) mass is 399 g/mol. The maximum absolute atomic E-state index is 12.7. The van der Waals surface area contributed by atoms with Gasteiger partial charge in [-0.05, 0) is 43.5 Å².